The van der Waals surface area contributed by atoms with Gasteiger partial charge < -0.3 is 10.6 Å². The van der Waals surface area contributed by atoms with Crippen LogP contribution in [-0.4, -0.2) is 12.5 Å². The van der Waals surface area contributed by atoms with E-state index in [1.807, 2.05) is 19.1 Å². The lowest BCUT2D eigenvalue weighted by atomic mass is 10.2. The average molecular weight is 294 g/mol. The molecule has 2 N–H and O–H groups in total. The Morgan fingerprint density at radius 3 is 2.52 bits per heavy atom. The second kappa shape index (κ2) is 6.30. The molecule has 0 fully saturated rings. The summed E-state index contributed by atoms with van der Waals surface area (Å²) in [6.45, 7) is 1.51. The summed E-state index contributed by atoms with van der Waals surface area (Å²) in [5.74, 6) is -3.90. The van der Waals surface area contributed by atoms with Gasteiger partial charge in [0.25, 0.3) is 0 Å². The van der Waals surface area contributed by atoms with Crippen LogP contribution in [0.2, 0.25) is 0 Å². The topological polar surface area (TPSA) is 41.1 Å². The molecule has 21 heavy (non-hydrogen) atoms. The van der Waals surface area contributed by atoms with E-state index < -0.39 is 29.0 Å². The van der Waals surface area contributed by atoms with E-state index in [1.54, 1.807) is 12.1 Å². The van der Waals surface area contributed by atoms with E-state index in [9.17, 15) is 18.0 Å². The molecule has 3 nitrogen and oxygen atoms in total. The molecule has 6 heteroatoms. The number of para-hydroxylation sites is 1. The molecule has 0 aliphatic heterocycles. The number of benzene rings is 2. The first-order valence-corrected chi connectivity index (χ1v) is 6.21. The van der Waals surface area contributed by atoms with Crippen molar-refractivity contribution in [2.24, 2.45) is 0 Å². The molecule has 0 radical (unpaired) electrons. The largest absolute Gasteiger partial charge is 0.374 e. The second-order valence-corrected chi connectivity index (χ2v) is 4.47. The number of aryl methyl sites for hydroxylation is 1. The Kier molecular flexibility index (Phi) is 4.47. The molecule has 0 aliphatic rings. The van der Waals surface area contributed by atoms with Crippen LogP contribution in [0.1, 0.15) is 5.56 Å². The van der Waals surface area contributed by atoms with E-state index in [0.717, 1.165) is 11.6 Å². The third kappa shape index (κ3) is 3.75. The Morgan fingerprint density at radius 2 is 1.81 bits per heavy atom. The van der Waals surface area contributed by atoms with Crippen LogP contribution in [0.15, 0.2) is 36.4 Å². The Morgan fingerprint density at radius 1 is 1.10 bits per heavy atom. The van der Waals surface area contributed by atoms with Gasteiger partial charge in [-0.25, -0.2) is 13.2 Å². The molecule has 0 aromatic heterocycles. The van der Waals surface area contributed by atoms with Gasteiger partial charge in [0.15, 0.2) is 11.6 Å². The molecular formula is C15H13F3N2O. The Balaban J connectivity index is 2.00. The molecule has 110 valence electrons. The quantitative estimate of drug-likeness (QED) is 0.848. The molecule has 2 rings (SSSR count). The Hall–Kier alpha value is -2.50. The molecular weight excluding hydrogens is 281 g/mol. The van der Waals surface area contributed by atoms with Crippen molar-refractivity contribution in [1.82, 2.24) is 0 Å². The number of nitrogens with one attached hydrogen (secondary N) is 2. The molecule has 0 bridgehead atoms. The van der Waals surface area contributed by atoms with E-state index in [1.165, 1.54) is 0 Å². The molecule has 0 saturated carbocycles. The molecule has 0 atom stereocenters. The highest BCUT2D eigenvalue weighted by Crippen LogP contribution is 2.19. The van der Waals surface area contributed by atoms with Gasteiger partial charge >= 0.3 is 0 Å². The minimum absolute atomic E-state index is 0.311. The zero-order valence-electron chi connectivity index (χ0n) is 11.2. The molecule has 2 aromatic rings. The van der Waals surface area contributed by atoms with Gasteiger partial charge in [0.2, 0.25) is 5.91 Å². The average Bonchev–Trinajstić information content (AvgIpc) is 2.44. The Bertz CT molecular complexity index is 674. The number of amides is 1. The molecule has 1 amide bonds. The van der Waals surface area contributed by atoms with Crippen molar-refractivity contribution in [1.29, 1.82) is 0 Å². The number of carbonyl (C=O) groups is 1. The summed E-state index contributed by atoms with van der Waals surface area (Å²) in [6.07, 6.45) is 0. The van der Waals surface area contributed by atoms with Crippen molar-refractivity contribution in [2.75, 3.05) is 17.2 Å². The van der Waals surface area contributed by atoms with Crippen LogP contribution in [0.3, 0.4) is 0 Å². The third-order valence-corrected chi connectivity index (χ3v) is 2.85. The van der Waals surface area contributed by atoms with Gasteiger partial charge in [0, 0.05) is 17.8 Å². The lowest BCUT2D eigenvalue weighted by molar-refractivity contribution is -0.114. The standard InChI is InChI=1S/C15H13F3N2O/c1-9-4-2-3-5-12(9)20-14(21)8-19-13-7-10(16)6-11(17)15(13)18/h2-7,19H,8H2,1H3,(H,20,21). The molecule has 2 aromatic carbocycles. The van der Waals surface area contributed by atoms with Crippen LogP contribution in [0.25, 0.3) is 0 Å². The van der Waals surface area contributed by atoms with E-state index in [4.69, 9.17) is 0 Å². The highest BCUT2D eigenvalue weighted by molar-refractivity contribution is 5.94. The fourth-order valence-electron chi connectivity index (χ4n) is 1.77. The van der Waals surface area contributed by atoms with Crippen LogP contribution in [-0.2, 0) is 4.79 Å². The minimum Gasteiger partial charge on any atom is -0.374 e. The van der Waals surface area contributed by atoms with Crippen molar-refractivity contribution in [3.8, 4) is 0 Å². The van der Waals surface area contributed by atoms with Gasteiger partial charge in [-0.1, -0.05) is 18.2 Å². The molecule has 0 unspecified atom stereocenters. The summed E-state index contributed by atoms with van der Waals surface area (Å²) in [7, 11) is 0. The number of hydrogen-bond acceptors (Lipinski definition) is 2. The molecule has 0 heterocycles. The smallest absolute Gasteiger partial charge is 0.243 e. The number of halogens is 3. The summed E-state index contributed by atoms with van der Waals surface area (Å²) in [5, 5.41) is 4.98. The molecule has 0 saturated heterocycles. The zero-order valence-corrected chi connectivity index (χ0v) is 11.2. The van der Waals surface area contributed by atoms with Crippen LogP contribution < -0.4 is 10.6 Å². The third-order valence-electron chi connectivity index (χ3n) is 2.85. The fourth-order valence-corrected chi connectivity index (χ4v) is 1.77. The highest BCUT2D eigenvalue weighted by atomic mass is 19.2. The monoisotopic (exact) mass is 294 g/mol. The number of carbonyl (C=O) groups excluding carboxylic acids is 1. The van der Waals surface area contributed by atoms with Crippen LogP contribution in [0.5, 0.6) is 0 Å². The SMILES string of the molecule is Cc1ccccc1NC(=O)CNc1cc(F)cc(F)c1F. The van der Waals surface area contributed by atoms with E-state index >= 15 is 0 Å². The molecule has 0 spiro atoms. The normalized spacial score (nSPS) is 10.3. The summed E-state index contributed by atoms with van der Waals surface area (Å²) >= 11 is 0. The van der Waals surface area contributed by atoms with E-state index in [2.05, 4.69) is 10.6 Å². The maximum absolute atomic E-state index is 13.4. The first-order chi connectivity index (χ1) is 9.97. The predicted molar refractivity (Wildman–Crippen MR) is 74.6 cm³/mol. The minimum atomic E-state index is -1.31. The lowest BCUT2D eigenvalue weighted by Crippen LogP contribution is -2.22. The first kappa shape index (κ1) is 14.9. The highest BCUT2D eigenvalue weighted by Gasteiger charge is 2.12. The Labute approximate surface area is 119 Å². The van der Waals surface area contributed by atoms with Crippen molar-refractivity contribution in [2.45, 2.75) is 6.92 Å². The second-order valence-electron chi connectivity index (χ2n) is 4.47. The fraction of sp³-hybridized carbons (Fsp3) is 0.133. The van der Waals surface area contributed by atoms with Gasteiger partial charge in [-0.2, -0.15) is 0 Å². The van der Waals surface area contributed by atoms with Crippen molar-refractivity contribution in [3.63, 3.8) is 0 Å². The van der Waals surface area contributed by atoms with Crippen molar-refractivity contribution in [3.05, 3.63) is 59.4 Å². The number of anilines is 2. The number of hydrogen-bond donors (Lipinski definition) is 2. The van der Waals surface area contributed by atoms with Gasteiger partial charge in [-0.05, 0) is 18.6 Å². The van der Waals surface area contributed by atoms with E-state index in [0.29, 0.717) is 11.8 Å². The summed E-state index contributed by atoms with van der Waals surface area (Å²) in [6, 6.07) is 8.36. The predicted octanol–water partition coefficient (Wildman–Crippen LogP) is 3.46. The summed E-state index contributed by atoms with van der Waals surface area (Å²) < 4.78 is 39.4. The summed E-state index contributed by atoms with van der Waals surface area (Å²) in [4.78, 5) is 11.7. The first-order valence-electron chi connectivity index (χ1n) is 6.21. The van der Waals surface area contributed by atoms with Crippen LogP contribution in [0.4, 0.5) is 24.5 Å². The van der Waals surface area contributed by atoms with Crippen LogP contribution >= 0.6 is 0 Å². The number of rotatable bonds is 4. The van der Waals surface area contributed by atoms with Gasteiger partial charge in [0.05, 0.1) is 12.2 Å². The maximum Gasteiger partial charge on any atom is 0.243 e. The van der Waals surface area contributed by atoms with Crippen molar-refractivity contribution >= 4 is 17.3 Å². The van der Waals surface area contributed by atoms with Gasteiger partial charge in [-0.3, -0.25) is 4.79 Å². The van der Waals surface area contributed by atoms with Crippen LogP contribution in [0, 0.1) is 24.4 Å². The zero-order chi connectivity index (χ0) is 15.4. The maximum atomic E-state index is 13.4. The van der Waals surface area contributed by atoms with Gasteiger partial charge in [0.1, 0.15) is 5.82 Å². The van der Waals surface area contributed by atoms with Gasteiger partial charge in [-0.15, -0.1) is 0 Å². The van der Waals surface area contributed by atoms with Crippen molar-refractivity contribution < 1.29 is 18.0 Å². The molecule has 0 aliphatic carbocycles. The van der Waals surface area contributed by atoms with E-state index in [-0.39, 0.29) is 6.54 Å². The lowest BCUT2D eigenvalue weighted by Gasteiger charge is -2.10. The summed E-state index contributed by atoms with van der Waals surface area (Å²) in [5.41, 5.74) is 1.09.